The van der Waals surface area contributed by atoms with Crippen molar-refractivity contribution in [2.24, 2.45) is 0 Å². The molecule has 0 N–H and O–H groups in total. The fourth-order valence-electron chi connectivity index (χ4n) is 0.674. The average Bonchev–Trinajstić information content (AvgIpc) is 1.99. The molecule has 0 aromatic heterocycles. The molecule has 0 bridgehead atoms. The SMILES string of the molecule is O=[N+]([O-])C1=CC(Cl)[N+](=O)C(Cl)=C1. The predicted molar refractivity (Wildman–Crippen MR) is 42.3 cm³/mol. The highest BCUT2D eigenvalue weighted by Gasteiger charge is 2.33. The quantitative estimate of drug-likeness (QED) is 0.217. The highest BCUT2D eigenvalue weighted by Crippen LogP contribution is 2.20. The molecule has 1 rings (SSSR count). The number of hydrogen-bond donors (Lipinski definition) is 0. The maximum absolute atomic E-state index is 10.8. The Labute approximate surface area is 77.0 Å². The van der Waals surface area contributed by atoms with Crippen LogP contribution in [0.15, 0.2) is 23.0 Å². The van der Waals surface area contributed by atoms with Crippen LogP contribution in [-0.4, -0.2) is 15.2 Å². The van der Waals surface area contributed by atoms with Crippen LogP contribution in [0.2, 0.25) is 0 Å². The lowest BCUT2D eigenvalue weighted by Gasteiger charge is -1.99. The Morgan fingerprint density at radius 1 is 1.67 bits per heavy atom. The van der Waals surface area contributed by atoms with Crippen molar-refractivity contribution in [2.75, 3.05) is 0 Å². The Kier molecular flexibility index (Phi) is 2.44. The van der Waals surface area contributed by atoms with Gasteiger partial charge in [-0.05, 0) is 23.2 Å². The van der Waals surface area contributed by atoms with Gasteiger partial charge < -0.3 is 0 Å². The van der Waals surface area contributed by atoms with Gasteiger partial charge in [0.05, 0.1) is 15.8 Å². The van der Waals surface area contributed by atoms with Crippen molar-refractivity contribution in [2.45, 2.75) is 5.50 Å². The average molecular weight is 210 g/mol. The van der Waals surface area contributed by atoms with Crippen LogP contribution in [0, 0.1) is 15.0 Å². The van der Waals surface area contributed by atoms with Gasteiger partial charge in [0.2, 0.25) is 0 Å². The first-order valence-electron chi connectivity index (χ1n) is 2.86. The van der Waals surface area contributed by atoms with Crippen LogP contribution < -0.4 is 0 Å². The van der Waals surface area contributed by atoms with Gasteiger partial charge in [-0.1, -0.05) is 0 Å². The zero-order valence-electron chi connectivity index (χ0n) is 5.61. The van der Waals surface area contributed by atoms with E-state index in [1.807, 2.05) is 0 Å². The Balaban J connectivity index is 3.03. The van der Waals surface area contributed by atoms with Crippen LogP contribution in [0.5, 0.6) is 0 Å². The Morgan fingerprint density at radius 2 is 2.25 bits per heavy atom. The normalized spacial score (nSPS) is 23.2. The zero-order chi connectivity index (χ0) is 9.30. The standard InChI is InChI=1S/C5H3Cl2N2O3/c6-4-1-3(9(11)12)2-5(7)8(4)10/h1-2,4H/q+1. The molecule has 0 spiro atoms. The summed E-state index contributed by atoms with van der Waals surface area (Å²) in [5.41, 5.74) is -1.38. The molecule has 0 saturated heterocycles. The highest BCUT2D eigenvalue weighted by atomic mass is 35.5. The van der Waals surface area contributed by atoms with Crippen molar-refractivity contribution in [3.05, 3.63) is 38.0 Å². The lowest BCUT2D eigenvalue weighted by molar-refractivity contribution is -0.502. The summed E-state index contributed by atoms with van der Waals surface area (Å²) in [5, 5.41) is 9.92. The van der Waals surface area contributed by atoms with Crippen LogP contribution in [0.4, 0.5) is 0 Å². The molecule has 7 heteroatoms. The lowest BCUT2D eigenvalue weighted by atomic mass is 10.3. The van der Waals surface area contributed by atoms with Crippen molar-refractivity contribution in [1.29, 1.82) is 0 Å². The second-order valence-electron chi connectivity index (χ2n) is 2.01. The van der Waals surface area contributed by atoms with E-state index in [2.05, 4.69) is 0 Å². The van der Waals surface area contributed by atoms with Crippen LogP contribution in [0.25, 0.3) is 0 Å². The van der Waals surface area contributed by atoms with E-state index in [0.717, 1.165) is 12.2 Å². The van der Waals surface area contributed by atoms with Gasteiger partial charge in [-0.3, -0.25) is 10.1 Å². The van der Waals surface area contributed by atoms with Gasteiger partial charge in [0.15, 0.2) is 0 Å². The molecular formula is C5H3Cl2N2O3+. The molecule has 1 aliphatic rings. The number of allylic oxidation sites excluding steroid dienone is 1. The van der Waals surface area contributed by atoms with Crippen molar-refractivity contribution in [1.82, 2.24) is 0 Å². The minimum atomic E-state index is -1.11. The molecule has 1 unspecified atom stereocenters. The summed E-state index contributed by atoms with van der Waals surface area (Å²) in [4.78, 5) is 20.4. The summed E-state index contributed by atoms with van der Waals surface area (Å²) in [5.74, 6) is 0. The van der Waals surface area contributed by atoms with Crippen molar-refractivity contribution in [3.8, 4) is 0 Å². The molecule has 12 heavy (non-hydrogen) atoms. The van der Waals surface area contributed by atoms with Crippen molar-refractivity contribution >= 4 is 23.2 Å². The fourth-order valence-corrected chi connectivity index (χ4v) is 1.17. The maximum Gasteiger partial charge on any atom is 0.333 e. The molecule has 1 aliphatic heterocycles. The summed E-state index contributed by atoms with van der Waals surface area (Å²) < 4.78 is 0.274. The Hall–Kier alpha value is -0.940. The molecule has 1 atom stereocenters. The lowest BCUT2D eigenvalue weighted by Crippen LogP contribution is -2.19. The van der Waals surface area contributed by atoms with E-state index < -0.39 is 10.4 Å². The number of halogens is 2. The highest BCUT2D eigenvalue weighted by molar-refractivity contribution is 6.29. The molecule has 1 heterocycles. The minimum absolute atomic E-state index is 0.271. The van der Waals surface area contributed by atoms with E-state index in [0.29, 0.717) is 0 Å². The van der Waals surface area contributed by atoms with Gasteiger partial charge in [0.25, 0.3) is 5.70 Å². The molecule has 64 valence electrons. The molecule has 0 aromatic carbocycles. The third-order valence-corrected chi connectivity index (χ3v) is 1.80. The van der Waals surface area contributed by atoms with E-state index >= 15 is 0 Å². The van der Waals surface area contributed by atoms with E-state index in [9.17, 15) is 15.0 Å². The van der Waals surface area contributed by atoms with Gasteiger partial charge in [-0.15, -0.1) is 0 Å². The smallest absolute Gasteiger partial charge is 0.258 e. The summed E-state index contributed by atoms with van der Waals surface area (Å²) in [7, 11) is 0. The predicted octanol–water partition coefficient (Wildman–Crippen LogP) is 1.58. The third kappa shape index (κ3) is 1.62. The van der Waals surface area contributed by atoms with Gasteiger partial charge in [0.1, 0.15) is 6.08 Å². The van der Waals surface area contributed by atoms with Crippen LogP contribution in [0.1, 0.15) is 0 Å². The molecule has 0 aliphatic carbocycles. The number of nitrogens with zero attached hydrogens (tertiary/aromatic N) is 2. The van der Waals surface area contributed by atoms with Crippen LogP contribution in [-0.2, 0) is 0 Å². The van der Waals surface area contributed by atoms with E-state index in [1.54, 1.807) is 0 Å². The second kappa shape index (κ2) is 3.20. The van der Waals surface area contributed by atoms with Gasteiger partial charge in [-0.25, -0.2) is 0 Å². The van der Waals surface area contributed by atoms with Gasteiger partial charge >= 0.3 is 10.7 Å². The first-order chi connectivity index (χ1) is 5.52. The minimum Gasteiger partial charge on any atom is -0.258 e. The molecular weight excluding hydrogens is 207 g/mol. The van der Waals surface area contributed by atoms with E-state index in [1.165, 1.54) is 0 Å². The fraction of sp³-hybridized carbons (Fsp3) is 0.200. The third-order valence-electron chi connectivity index (χ3n) is 1.22. The molecule has 0 aromatic rings. The number of nitroso groups, excluding NO2 is 1. The maximum atomic E-state index is 10.8. The Bertz CT molecular complexity index is 310. The molecule has 0 saturated carbocycles. The first kappa shape index (κ1) is 9.15. The van der Waals surface area contributed by atoms with Crippen molar-refractivity contribution < 1.29 is 9.68 Å². The number of nitro groups is 1. The van der Waals surface area contributed by atoms with E-state index in [4.69, 9.17) is 23.2 Å². The largest absolute Gasteiger partial charge is 0.333 e. The van der Waals surface area contributed by atoms with Crippen LogP contribution in [0.3, 0.4) is 0 Å². The number of alkyl halides is 1. The van der Waals surface area contributed by atoms with E-state index in [-0.39, 0.29) is 15.6 Å². The summed E-state index contributed by atoms with van der Waals surface area (Å²) in [6.07, 6.45) is 1.97. The molecule has 0 radical (unpaired) electrons. The monoisotopic (exact) mass is 209 g/mol. The molecule has 5 nitrogen and oxygen atoms in total. The first-order valence-corrected chi connectivity index (χ1v) is 3.67. The second-order valence-corrected chi connectivity index (χ2v) is 2.85. The van der Waals surface area contributed by atoms with Gasteiger partial charge in [-0.2, -0.15) is 0 Å². The van der Waals surface area contributed by atoms with Crippen molar-refractivity contribution in [3.63, 3.8) is 0 Å². The summed E-state index contributed by atoms with van der Waals surface area (Å²) in [6.45, 7) is 0. The Morgan fingerprint density at radius 3 is 2.67 bits per heavy atom. The molecule has 0 fully saturated rings. The zero-order valence-corrected chi connectivity index (χ0v) is 7.12. The van der Waals surface area contributed by atoms with Crippen LogP contribution >= 0.6 is 23.2 Å². The number of hydrogen-bond acceptors (Lipinski definition) is 3. The summed E-state index contributed by atoms with van der Waals surface area (Å²) >= 11 is 10.8. The summed E-state index contributed by atoms with van der Waals surface area (Å²) in [6, 6.07) is 0. The molecule has 0 amide bonds. The van der Waals surface area contributed by atoms with Gasteiger partial charge in [0, 0.05) is 4.91 Å². The topological polar surface area (TPSA) is 63.2 Å². The number of rotatable bonds is 1.